The summed E-state index contributed by atoms with van der Waals surface area (Å²) in [5.41, 5.74) is 0.534. The van der Waals surface area contributed by atoms with Crippen LogP contribution in [0.2, 0.25) is 10.0 Å². The smallest absolute Gasteiger partial charge is 0.255 e. The Hall–Kier alpha value is -0.0400. The minimum atomic E-state index is -0.0697. The topological polar surface area (TPSA) is 40.5 Å². The maximum absolute atomic E-state index is 12.4. The van der Waals surface area contributed by atoms with Crippen LogP contribution in [0.25, 0.3) is 0 Å². The fraction of sp³-hybridized carbons (Fsp3) is 0.417. The van der Waals surface area contributed by atoms with Crippen LogP contribution in [-0.4, -0.2) is 35.6 Å². The van der Waals surface area contributed by atoms with Gasteiger partial charge in [0.1, 0.15) is 0 Å². The van der Waals surface area contributed by atoms with Crippen molar-refractivity contribution in [1.82, 2.24) is 4.90 Å². The molecule has 0 spiro atoms. The van der Waals surface area contributed by atoms with E-state index in [0.29, 0.717) is 28.7 Å². The first-order valence-electron chi connectivity index (χ1n) is 5.57. The fourth-order valence-corrected chi connectivity index (χ4v) is 3.08. The van der Waals surface area contributed by atoms with Crippen molar-refractivity contribution in [3.05, 3.63) is 31.3 Å². The number of amides is 1. The molecule has 0 aliphatic carbocycles. The first-order chi connectivity index (χ1) is 8.52. The summed E-state index contributed by atoms with van der Waals surface area (Å²) in [6, 6.07) is 3.27. The molecule has 1 heterocycles. The number of carbonyl (C=O) groups excluding carboxylic acids is 1. The van der Waals surface area contributed by atoms with Crippen molar-refractivity contribution in [3.63, 3.8) is 0 Å². The van der Waals surface area contributed by atoms with Crippen molar-refractivity contribution in [1.29, 1.82) is 0 Å². The molecule has 1 fully saturated rings. The van der Waals surface area contributed by atoms with Crippen molar-refractivity contribution in [2.45, 2.75) is 6.42 Å². The number of halogens is 3. The molecule has 1 unspecified atom stereocenters. The summed E-state index contributed by atoms with van der Waals surface area (Å²) < 4.78 is 0.719. The molecule has 1 saturated heterocycles. The molecule has 1 aliphatic rings. The van der Waals surface area contributed by atoms with Gasteiger partial charge in [0, 0.05) is 34.2 Å². The highest BCUT2D eigenvalue weighted by molar-refractivity contribution is 14.1. The van der Waals surface area contributed by atoms with E-state index in [1.54, 1.807) is 17.0 Å². The number of hydrogen-bond donors (Lipinski definition) is 1. The van der Waals surface area contributed by atoms with Crippen molar-refractivity contribution < 1.29 is 9.90 Å². The fourth-order valence-electron chi connectivity index (χ4n) is 2.05. The summed E-state index contributed by atoms with van der Waals surface area (Å²) >= 11 is 14.0. The van der Waals surface area contributed by atoms with Gasteiger partial charge in [-0.3, -0.25) is 4.79 Å². The molecule has 98 valence electrons. The molecule has 0 bridgehead atoms. The second kappa shape index (κ2) is 5.94. The molecular formula is C12H12Cl2INO2. The van der Waals surface area contributed by atoms with E-state index in [-0.39, 0.29) is 18.4 Å². The first kappa shape index (κ1) is 14.4. The molecule has 1 N–H and O–H groups in total. The lowest BCUT2D eigenvalue weighted by Crippen LogP contribution is -2.29. The quantitative estimate of drug-likeness (QED) is 0.613. The Morgan fingerprint density at radius 1 is 1.50 bits per heavy atom. The van der Waals surface area contributed by atoms with E-state index in [9.17, 15) is 4.79 Å². The molecule has 1 atom stereocenters. The maximum atomic E-state index is 12.4. The summed E-state index contributed by atoms with van der Waals surface area (Å²) in [5.74, 6) is 0.112. The van der Waals surface area contributed by atoms with Crippen LogP contribution in [0.4, 0.5) is 0 Å². The zero-order valence-corrected chi connectivity index (χ0v) is 13.2. The van der Waals surface area contributed by atoms with Crippen LogP contribution in [0.1, 0.15) is 16.8 Å². The van der Waals surface area contributed by atoms with Gasteiger partial charge in [-0.05, 0) is 41.1 Å². The lowest BCUT2D eigenvalue weighted by molar-refractivity contribution is 0.0781. The number of hydrogen-bond acceptors (Lipinski definition) is 2. The lowest BCUT2D eigenvalue weighted by Gasteiger charge is -2.17. The maximum Gasteiger partial charge on any atom is 0.255 e. The van der Waals surface area contributed by atoms with Gasteiger partial charge in [-0.15, -0.1) is 0 Å². The van der Waals surface area contributed by atoms with Gasteiger partial charge in [-0.1, -0.05) is 23.2 Å². The van der Waals surface area contributed by atoms with Crippen LogP contribution in [0.3, 0.4) is 0 Å². The van der Waals surface area contributed by atoms with Gasteiger partial charge in [0.2, 0.25) is 0 Å². The number of carbonyl (C=O) groups is 1. The molecule has 0 saturated carbocycles. The molecule has 18 heavy (non-hydrogen) atoms. The van der Waals surface area contributed by atoms with Crippen molar-refractivity contribution in [2.24, 2.45) is 5.92 Å². The number of likely N-dealkylation sites (tertiary alicyclic amines) is 1. The summed E-state index contributed by atoms with van der Waals surface area (Å²) in [4.78, 5) is 14.1. The van der Waals surface area contributed by atoms with Gasteiger partial charge >= 0.3 is 0 Å². The third kappa shape index (κ3) is 2.92. The molecule has 1 aliphatic heterocycles. The van der Waals surface area contributed by atoms with Gasteiger partial charge < -0.3 is 10.0 Å². The summed E-state index contributed by atoms with van der Waals surface area (Å²) in [7, 11) is 0. The van der Waals surface area contributed by atoms with Crippen molar-refractivity contribution >= 4 is 51.7 Å². The van der Waals surface area contributed by atoms with Crippen molar-refractivity contribution in [2.75, 3.05) is 19.7 Å². The molecule has 3 nitrogen and oxygen atoms in total. The second-order valence-corrected chi connectivity index (χ2v) is 6.26. The zero-order chi connectivity index (χ0) is 13.3. The van der Waals surface area contributed by atoms with Gasteiger partial charge in [0.25, 0.3) is 5.91 Å². The van der Waals surface area contributed by atoms with Crippen LogP contribution < -0.4 is 0 Å². The van der Waals surface area contributed by atoms with E-state index < -0.39 is 0 Å². The zero-order valence-electron chi connectivity index (χ0n) is 9.50. The lowest BCUT2D eigenvalue weighted by atomic mass is 10.1. The van der Waals surface area contributed by atoms with Crippen LogP contribution in [0.5, 0.6) is 0 Å². The van der Waals surface area contributed by atoms with E-state index in [2.05, 4.69) is 22.6 Å². The summed E-state index contributed by atoms with van der Waals surface area (Å²) in [6.07, 6.45) is 0.840. The van der Waals surface area contributed by atoms with E-state index >= 15 is 0 Å². The normalized spacial score (nSPS) is 19.3. The SMILES string of the molecule is O=C(c1cc(Cl)cc(Cl)c1I)N1CCC(CO)C1. The van der Waals surface area contributed by atoms with E-state index in [0.717, 1.165) is 9.99 Å². The van der Waals surface area contributed by atoms with Gasteiger partial charge in [0.15, 0.2) is 0 Å². The van der Waals surface area contributed by atoms with E-state index in [1.807, 2.05) is 0 Å². The monoisotopic (exact) mass is 399 g/mol. The Bertz CT molecular complexity index is 481. The number of aliphatic hydroxyl groups is 1. The average molecular weight is 400 g/mol. The molecule has 0 radical (unpaired) electrons. The Labute approximate surface area is 129 Å². The minimum absolute atomic E-state index is 0.0697. The first-order valence-corrected chi connectivity index (χ1v) is 7.41. The third-order valence-electron chi connectivity index (χ3n) is 3.05. The largest absolute Gasteiger partial charge is 0.396 e. The van der Waals surface area contributed by atoms with Gasteiger partial charge in [-0.25, -0.2) is 0 Å². The number of aliphatic hydroxyl groups excluding tert-OH is 1. The molecule has 6 heteroatoms. The second-order valence-electron chi connectivity index (χ2n) is 4.34. The minimum Gasteiger partial charge on any atom is -0.396 e. The Morgan fingerprint density at radius 2 is 2.22 bits per heavy atom. The average Bonchev–Trinajstić information content (AvgIpc) is 2.81. The standard InChI is InChI=1S/C12H12Cl2INO2/c13-8-3-9(11(15)10(14)4-8)12(18)16-2-1-7(5-16)6-17/h3-4,7,17H,1-2,5-6H2. The number of rotatable bonds is 2. The van der Waals surface area contributed by atoms with E-state index in [1.165, 1.54) is 0 Å². The number of nitrogens with zero attached hydrogens (tertiary/aromatic N) is 1. The molecule has 1 aromatic carbocycles. The Morgan fingerprint density at radius 3 is 2.83 bits per heavy atom. The molecule has 2 rings (SSSR count). The predicted molar refractivity (Wildman–Crippen MR) is 80.3 cm³/mol. The number of benzene rings is 1. The molecule has 1 aromatic rings. The summed E-state index contributed by atoms with van der Waals surface area (Å²) in [6.45, 7) is 1.39. The molecular weight excluding hydrogens is 388 g/mol. The highest BCUT2D eigenvalue weighted by Crippen LogP contribution is 2.29. The Balaban J connectivity index is 2.24. The van der Waals surface area contributed by atoms with Crippen LogP contribution in [0.15, 0.2) is 12.1 Å². The highest BCUT2D eigenvalue weighted by atomic mass is 127. The van der Waals surface area contributed by atoms with Gasteiger partial charge in [-0.2, -0.15) is 0 Å². The Kier molecular flexibility index (Phi) is 4.75. The third-order valence-corrected chi connectivity index (χ3v) is 5.05. The highest BCUT2D eigenvalue weighted by Gasteiger charge is 2.28. The van der Waals surface area contributed by atoms with Crippen LogP contribution in [-0.2, 0) is 0 Å². The molecule has 1 amide bonds. The van der Waals surface area contributed by atoms with E-state index in [4.69, 9.17) is 28.3 Å². The molecule has 0 aromatic heterocycles. The van der Waals surface area contributed by atoms with Crippen LogP contribution >= 0.6 is 45.8 Å². The van der Waals surface area contributed by atoms with Crippen molar-refractivity contribution in [3.8, 4) is 0 Å². The van der Waals surface area contributed by atoms with Crippen LogP contribution in [0, 0.1) is 9.49 Å². The predicted octanol–water partition coefficient (Wildman–Crippen LogP) is 3.05. The summed E-state index contributed by atoms with van der Waals surface area (Å²) in [5, 5.41) is 10.0. The van der Waals surface area contributed by atoms with Gasteiger partial charge in [0.05, 0.1) is 10.6 Å².